The summed E-state index contributed by atoms with van der Waals surface area (Å²) in [5.74, 6) is 1.70. The molecule has 0 saturated heterocycles. The molecule has 0 aliphatic carbocycles. The number of thiophene rings is 1. The molecule has 0 spiro atoms. The number of ether oxygens (including phenoxy) is 1. The van der Waals surface area contributed by atoms with E-state index in [0.717, 1.165) is 49.2 Å². The SMILES string of the molecule is Cc1cccc(-n2c(=O)c3c4c(sc3n3c(SCc5ccccc5)nnc23)CO[C@H](C(C)C)C4)c1. The molecule has 0 radical (unpaired) electrons. The summed E-state index contributed by atoms with van der Waals surface area (Å²) in [6.45, 7) is 6.92. The summed E-state index contributed by atoms with van der Waals surface area (Å²) in [6, 6.07) is 18.3. The molecule has 3 aromatic heterocycles. The maximum absolute atomic E-state index is 14.1. The predicted molar refractivity (Wildman–Crippen MR) is 142 cm³/mol. The van der Waals surface area contributed by atoms with Gasteiger partial charge in [0.1, 0.15) is 4.83 Å². The predicted octanol–water partition coefficient (Wildman–Crippen LogP) is 5.79. The molecule has 0 fully saturated rings. The molecule has 0 unspecified atom stereocenters. The van der Waals surface area contributed by atoms with Gasteiger partial charge in [-0.3, -0.25) is 4.79 Å². The zero-order valence-electron chi connectivity index (χ0n) is 19.9. The number of hydrogen-bond donors (Lipinski definition) is 0. The van der Waals surface area contributed by atoms with Gasteiger partial charge in [-0.1, -0.05) is 68.1 Å². The minimum absolute atomic E-state index is 0.0352. The van der Waals surface area contributed by atoms with Crippen molar-refractivity contribution in [2.75, 3.05) is 0 Å². The standard InChI is InChI=1S/C27H26N4O2S2/c1-16(2)21-13-20-22(14-33-21)35-25-23(20)24(32)30(19-11-7-8-17(3)12-19)26-28-29-27(31(25)26)34-15-18-9-5-4-6-10-18/h4-12,16,21H,13-15H2,1-3H3/t21-/m0/s1. The third-order valence-corrected chi connectivity index (χ3v) is 8.75. The molecule has 178 valence electrons. The lowest BCUT2D eigenvalue weighted by Gasteiger charge is -2.26. The molecule has 35 heavy (non-hydrogen) atoms. The first kappa shape index (κ1) is 22.5. The number of aryl methyl sites for hydroxylation is 1. The maximum atomic E-state index is 14.1. The van der Waals surface area contributed by atoms with Crippen LogP contribution in [0.15, 0.2) is 64.5 Å². The van der Waals surface area contributed by atoms with Crippen molar-refractivity contribution in [3.8, 4) is 5.69 Å². The van der Waals surface area contributed by atoms with Crippen molar-refractivity contribution in [2.24, 2.45) is 5.92 Å². The van der Waals surface area contributed by atoms with Crippen LogP contribution in [0, 0.1) is 12.8 Å². The molecule has 1 atom stereocenters. The summed E-state index contributed by atoms with van der Waals surface area (Å²) in [5, 5.41) is 10.6. The van der Waals surface area contributed by atoms with E-state index in [1.807, 2.05) is 49.4 Å². The summed E-state index contributed by atoms with van der Waals surface area (Å²) >= 11 is 3.27. The van der Waals surface area contributed by atoms with Crippen molar-refractivity contribution in [3.05, 3.63) is 86.5 Å². The van der Waals surface area contributed by atoms with E-state index < -0.39 is 0 Å². The lowest BCUT2D eigenvalue weighted by atomic mass is 9.96. The van der Waals surface area contributed by atoms with Crippen LogP contribution in [-0.4, -0.2) is 25.3 Å². The molecule has 0 saturated carbocycles. The van der Waals surface area contributed by atoms with E-state index in [1.165, 1.54) is 5.56 Å². The second kappa shape index (κ2) is 8.93. The van der Waals surface area contributed by atoms with Crippen LogP contribution >= 0.6 is 23.1 Å². The summed E-state index contributed by atoms with van der Waals surface area (Å²) in [4.78, 5) is 16.1. The van der Waals surface area contributed by atoms with Crippen molar-refractivity contribution in [3.63, 3.8) is 0 Å². The van der Waals surface area contributed by atoms with Crippen LogP contribution in [0.5, 0.6) is 0 Å². The lowest BCUT2D eigenvalue weighted by Crippen LogP contribution is -2.28. The van der Waals surface area contributed by atoms with Gasteiger partial charge in [0.25, 0.3) is 5.56 Å². The molecule has 1 aliphatic rings. The Kier molecular flexibility index (Phi) is 5.75. The maximum Gasteiger partial charge on any atom is 0.268 e. The Balaban J connectivity index is 1.60. The van der Waals surface area contributed by atoms with E-state index in [2.05, 4.69) is 40.6 Å². The minimum Gasteiger partial charge on any atom is -0.372 e. The summed E-state index contributed by atoms with van der Waals surface area (Å²) in [5.41, 5.74) is 4.20. The van der Waals surface area contributed by atoms with Gasteiger partial charge in [0.2, 0.25) is 5.78 Å². The molecule has 1 aliphatic heterocycles. The normalized spacial score (nSPS) is 15.8. The Morgan fingerprint density at radius 1 is 1.14 bits per heavy atom. The van der Waals surface area contributed by atoms with E-state index in [-0.39, 0.29) is 11.7 Å². The second-order valence-corrected chi connectivity index (χ2v) is 11.4. The number of fused-ring (bicyclic) bond motifs is 5. The smallest absolute Gasteiger partial charge is 0.268 e. The molecule has 2 aromatic carbocycles. The third-order valence-electron chi connectivity index (χ3n) is 6.56. The first-order valence-corrected chi connectivity index (χ1v) is 13.6. The van der Waals surface area contributed by atoms with Crippen molar-refractivity contribution < 1.29 is 4.74 Å². The molecular weight excluding hydrogens is 476 g/mol. The first-order chi connectivity index (χ1) is 17.0. The quantitative estimate of drug-likeness (QED) is 0.285. The molecule has 0 N–H and O–H groups in total. The molecule has 6 nitrogen and oxygen atoms in total. The van der Waals surface area contributed by atoms with Crippen molar-refractivity contribution >= 4 is 39.1 Å². The Morgan fingerprint density at radius 2 is 1.97 bits per heavy atom. The van der Waals surface area contributed by atoms with Crippen LogP contribution < -0.4 is 5.56 Å². The largest absolute Gasteiger partial charge is 0.372 e. The highest BCUT2D eigenvalue weighted by atomic mass is 32.2. The highest BCUT2D eigenvalue weighted by molar-refractivity contribution is 7.98. The van der Waals surface area contributed by atoms with Crippen LogP contribution in [-0.2, 0) is 23.5 Å². The second-order valence-electron chi connectivity index (χ2n) is 9.35. The first-order valence-electron chi connectivity index (χ1n) is 11.8. The fourth-order valence-corrected chi connectivity index (χ4v) is 6.87. The van der Waals surface area contributed by atoms with Gasteiger partial charge in [-0.25, -0.2) is 8.97 Å². The third kappa shape index (κ3) is 3.90. The zero-order valence-corrected chi connectivity index (χ0v) is 21.5. The monoisotopic (exact) mass is 502 g/mol. The lowest BCUT2D eigenvalue weighted by molar-refractivity contribution is 0.00200. The van der Waals surface area contributed by atoms with Crippen molar-refractivity contribution in [1.29, 1.82) is 0 Å². The number of rotatable bonds is 5. The van der Waals surface area contributed by atoms with Gasteiger partial charge in [-0.15, -0.1) is 21.5 Å². The fraction of sp³-hybridized carbons (Fsp3) is 0.296. The van der Waals surface area contributed by atoms with Crippen LogP contribution in [0.25, 0.3) is 21.7 Å². The Hall–Kier alpha value is -2.94. The van der Waals surface area contributed by atoms with Crippen molar-refractivity contribution in [2.45, 2.75) is 50.8 Å². The highest BCUT2D eigenvalue weighted by Crippen LogP contribution is 2.38. The molecular formula is C27H26N4O2S2. The van der Waals surface area contributed by atoms with Crippen LogP contribution in [0.2, 0.25) is 0 Å². The van der Waals surface area contributed by atoms with Gasteiger partial charge in [0.15, 0.2) is 5.16 Å². The Labute approximate surface area is 211 Å². The van der Waals surface area contributed by atoms with Crippen LogP contribution in [0.1, 0.15) is 35.4 Å². The number of benzene rings is 2. The van der Waals surface area contributed by atoms with Gasteiger partial charge in [-0.05, 0) is 41.7 Å². The topological polar surface area (TPSA) is 61.4 Å². The van der Waals surface area contributed by atoms with Gasteiger partial charge in [0, 0.05) is 17.1 Å². The average Bonchev–Trinajstić information content (AvgIpc) is 3.44. The number of nitrogens with zero attached hydrogens (tertiary/aromatic N) is 4. The summed E-state index contributed by atoms with van der Waals surface area (Å²) in [6.07, 6.45) is 0.853. The average molecular weight is 503 g/mol. The summed E-state index contributed by atoms with van der Waals surface area (Å²) < 4.78 is 9.94. The fourth-order valence-electron chi connectivity index (χ4n) is 4.68. The minimum atomic E-state index is -0.0352. The molecule has 0 amide bonds. The Bertz CT molecular complexity index is 1600. The molecule has 4 heterocycles. The molecule has 0 bridgehead atoms. The van der Waals surface area contributed by atoms with E-state index in [4.69, 9.17) is 4.74 Å². The number of aromatic nitrogens is 4. The molecule has 6 rings (SSSR count). The van der Waals surface area contributed by atoms with Crippen LogP contribution in [0.4, 0.5) is 0 Å². The van der Waals surface area contributed by atoms with E-state index in [1.54, 1.807) is 27.7 Å². The van der Waals surface area contributed by atoms with E-state index >= 15 is 0 Å². The van der Waals surface area contributed by atoms with Gasteiger partial charge < -0.3 is 4.74 Å². The van der Waals surface area contributed by atoms with Crippen LogP contribution in [0.3, 0.4) is 0 Å². The highest BCUT2D eigenvalue weighted by Gasteiger charge is 2.30. The molecule has 5 aromatic rings. The van der Waals surface area contributed by atoms with Gasteiger partial charge >= 0.3 is 0 Å². The Morgan fingerprint density at radius 3 is 2.74 bits per heavy atom. The van der Waals surface area contributed by atoms with Gasteiger partial charge in [-0.2, -0.15) is 0 Å². The van der Waals surface area contributed by atoms with E-state index in [9.17, 15) is 4.79 Å². The van der Waals surface area contributed by atoms with Gasteiger partial charge in [0.05, 0.1) is 23.8 Å². The van der Waals surface area contributed by atoms with Crippen molar-refractivity contribution in [1.82, 2.24) is 19.2 Å². The van der Waals surface area contributed by atoms with E-state index in [0.29, 0.717) is 18.3 Å². The molecule has 8 heteroatoms. The zero-order chi connectivity index (χ0) is 24.1. The number of thioether (sulfide) groups is 1. The number of hydrogen-bond acceptors (Lipinski definition) is 6. The summed E-state index contributed by atoms with van der Waals surface area (Å²) in [7, 11) is 0.